The lowest BCUT2D eigenvalue weighted by atomic mass is 9.95. The molecule has 0 aliphatic heterocycles. The first-order valence-corrected chi connectivity index (χ1v) is 11.1. The molecule has 0 radical (unpaired) electrons. The molecule has 3 amide bonds. The minimum absolute atomic E-state index is 0.379. The summed E-state index contributed by atoms with van der Waals surface area (Å²) in [5.74, 6) is -1.92. The van der Waals surface area contributed by atoms with E-state index in [1.165, 1.54) is 12.0 Å². The van der Waals surface area contributed by atoms with E-state index in [0.29, 0.717) is 5.56 Å². The Morgan fingerprint density at radius 1 is 1.12 bits per heavy atom. The molecule has 2 unspecified atom stereocenters. The van der Waals surface area contributed by atoms with Crippen LogP contribution in [0.1, 0.15) is 57.4 Å². The van der Waals surface area contributed by atoms with E-state index in [9.17, 15) is 24.3 Å². The van der Waals surface area contributed by atoms with Crippen molar-refractivity contribution >= 4 is 23.9 Å². The SMILES string of the molecule is COC(=O)CNC(=O)C(c1cc(C)ccc1C)N(C(=O)C(CO)NC(=O)OC(C)(C)C)C(C)C. The molecule has 3 N–H and O–H groups in total. The van der Waals surface area contributed by atoms with Crippen molar-refractivity contribution in [1.82, 2.24) is 15.5 Å². The summed E-state index contributed by atoms with van der Waals surface area (Å²) in [4.78, 5) is 52.0. The van der Waals surface area contributed by atoms with Crippen LogP contribution in [0.5, 0.6) is 0 Å². The van der Waals surface area contributed by atoms with E-state index in [2.05, 4.69) is 15.4 Å². The van der Waals surface area contributed by atoms with E-state index < -0.39 is 54.2 Å². The number of hydrogen-bond donors (Lipinski definition) is 3. The Morgan fingerprint density at radius 3 is 2.24 bits per heavy atom. The second kappa shape index (κ2) is 12.4. The third-order valence-electron chi connectivity index (χ3n) is 4.87. The number of methoxy groups -OCH3 is 1. The van der Waals surface area contributed by atoms with Crippen LogP contribution in [0, 0.1) is 13.8 Å². The van der Waals surface area contributed by atoms with Crippen molar-refractivity contribution in [2.45, 2.75) is 72.2 Å². The molecule has 190 valence electrons. The summed E-state index contributed by atoms with van der Waals surface area (Å²) >= 11 is 0. The summed E-state index contributed by atoms with van der Waals surface area (Å²) in [6.07, 6.45) is -0.873. The summed E-state index contributed by atoms with van der Waals surface area (Å²) < 4.78 is 9.80. The average molecular weight is 480 g/mol. The van der Waals surface area contributed by atoms with Crippen LogP contribution in [-0.2, 0) is 23.9 Å². The second-order valence-corrected chi connectivity index (χ2v) is 9.28. The highest BCUT2D eigenvalue weighted by molar-refractivity contribution is 5.93. The van der Waals surface area contributed by atoms with Crippen molar-refractivity contribution in [3.63, 3.8) is 0 Å². The number of nitrogens with zero attached hydrogens (tertiary/aromatic N) is 1. The van der Waals surface area contributed by atoms with E-state index in [0.717, 1.165) is 11.1 Å². The van der Waals surface area contributed by atoms with Crippen molar-refractivity contribution in [2.24, 2.45) is 0 Å². The fourth-order valence-electron chi connectivity index (χ4n) is 3.30. The summed E-state index contributed by atoms with van der Waals surface area (Å²) in [6, 6.07) is 2.51. The van der Waals surface area contributed by atoms with Crippen LogP contribution >= 0.6 is 0 Å². The maximum Gasteiger partial charge on any atom is 0.408 e. The fraction of sp³-hybridized carbons (Fsp3) is 0.583. The van der Waals surface area contributed by atoms with Crippen LogP contribution in [0.4, 0.5) is 4.79 Å². The van der Waals surface area contributed by atoms with Crippen LogP contribution in [0.25, 0.3) is 0 Å². The number of alkyl carbamates (subject to hydrolysis) is 1. The Labute approximate surface area is 201 Å². The third kappa shape index (κ3) is 8.33. The van der Waals surface area contributed by atoms with Gasteiger partial charge in [0.05, 0.1) is 13.7 Å². The molecule has 0 spiro atoms. The molecule has 0 saturated heterocycles. The van der Waals surface area contributed by atoms with E-state index in [1.807, 2.05) is 19.1 Å². The summed E-state index contributed by atoms with van der Waals surface area (Å²) in [6.45, 7) is 11.0. The van der Waals surface area contributed by atoms with Crippen LogP contribution in [0.3, 0.4) is 0 Å². The van der Waals surface area contributed by atoms with Gasteiger partial charge < -0.3 is 30.1 Å². The number of carbonyl (C=O) groups is 4. The maximum atomic E-state index is 13.6. The topological polar surface area (TPSA) is 134 Å². The normalized spacial score (nSPS) is 13.0. The second-order valence-electron chi connectivity index (χ2n) is 9.28. The Bertz CT molecular complexity index is 893. The van der Waals surface area contributed by atoms with Crippen LogP contribution in [0.15, 0.2) is 18.2 Å². The maximum absolute atomic E-state index is 13.6. The van der Waals surface area contributed by atoms with Gasteiger partial charge >= 0.3 is 12.1 Å². The Balaban J connectivity index is 3.43. The molecular weight excluding hydrogens is 442 g/mol. The predicted molar refractivity (Wildman–Crippen MR) is 126 cm³/mol. The molecule has 0 aliphatic rings. The Kier molecular flexibility index (Phi) is 10.5. The molecular formula is C24H37N3O7. The molecule has 1 aromatic carbocycles. The number of esters is 1. The van der Waals surface area contributed by atoms with Crippen molar-refractivity contribution in [3.05, 3.63) is 34.9 Å². The first-order chi connectivity index (χ1) is 15.7. The highest BCUT2D eigenvalue weighted by atomic mass is 16.6. The standard InChI is InChI=1S/C24H37N3O7/c1-14(2)27(22(31)18(13-28)26-23(32)34-24(5,6)7)20(21(30)25-12-19(29)33-8)17-11-15(3)9-10-16(17)4/h9-11,14,18,20,28H,12-13H2,1-8H3,(H,25,30)(H,26,32). The molecule has 0 fully saturated rings. The molecule has 10 nitrogen and oxygen atoms in total. The highest BCUT2D eigenvalue weighted by Crippen LogP contribution is 2.28. The smallest absolute Gasteiger partial charge is 0.408 e. The molecule has 0 saturated carbocycles. The molecule has 10 heteroatoms. The van der Waals surface area contributed by atoms with E-state index in [1.54, 1.807) is 47.6 Å². The van der Waals surface area contributed by atoms with Gasteiger partial charge in [-0.2, -0.15) is 0 Å². The largest absolute Gasteiger partial charge is 0.468 e. The van der Waals surface area contributed by atoms with Gasteiger partial charge in [0.15, 0.2) is 0 Å². The van der Waals surface area contributed by atoms with Gasteiger partial charge in [-0.1, -0.05) is 23.8 Å². The van der Waals surface area contributed by atoms with Crippen molar-refractivity contribution < 1.29 is 33.8 Å². The predicted octanol–water partition coefficient (Wildman–Crippen LogP) is 1.76. The number of hydrogen-bond acceptors (Lipinski definition) is 7. The van der Waals surface area contributed by atoms with Crippen molar-refractivity contribution in [3.8, 4) is 0 Å². The molecule has 1 rings (SSSR count). The molecule has 0 bridgehead atoms. The number of carbonyl (C=O) groups excluding carboxylic acids is 4. The van der Waals surface area contributed by atoms with Gasteiger partial charge in [0, 0.05) is 6.04 Å². The summed E-state index contributed by atoms with van der Waals surface area (Å²) in [5.41, 5.74) is 1.37. The fourth-order valence-corrected chi connectivity index (χ4v) is 3.30. The van der Waals surface area contributed by atoms with E-state index >= 15 is 0 Å². The number of benzene rings is 1. The Morgan fingerprint density at radius 2 is 1.74 bits per heavy atom. The molecule has 2 atom stereocenters. The van der Waals surface area contributed by atoms with Gasteiger partial charge in [0.2, 0.25) is 11.8 Å². The quantitative estimate of drug-likeness (QED) is 0.459. The van der Waals surface area contributed by atoms with Crippen LogP contribution in [-0.4, -0.2) is 71.8 Å². The van der Waals surface area contributed by atoms with Gasteiger partial charge in [-0.15, -0.1) is 0 Å². The minimum atomic E-state index is -1.35. The van der Waals surface area contributed by atoms with Gasteiger partial charge in [-0.25, -0.2) is 4.79 Å². The molecule has 0 aliphatic carbocycles. The Hall–Kier alpha value is -3.14. The number of ether oxygens (including phenoxy) is 2. The van der Waals surface area contributed by atoms with Crippen molar-refractivity contribution in [2.75, 3.05) is 20.3 Å². The van der Waals surface area contributed by atoms with Crippen LogP contribution in [0.2, 0.25) is 0 Å². The molecule has 1 aromatic rings. The number of amides is 3. The lowest BCUT2D eigenvalue weighted by Gasteiger charge is -2.37. The van der Waals surface area contributed by atoms with Crippen LogP contribution < -0.4 is 10.6 Å². The number of aliphatic hydroxyl groups is 1. The van der Waals surface area contributed by atoms with Gasteiger partial charge in [0.25, 0.3) is 0 Å². The highest BCUT2D eigenvalue weighted by Gasteiger charge is 2.38. The molecule has 0 aromatic heterocycles. The van der Waals surface area contributed by atoms with Gasteiger partial charge in [-0.3, -0.25) is 14.4 Å². The zero-order valence-electron chi connectivity index (χ0n) is 21.2. The molecule has 34 heavy (non-hydrogen) atoms. The minimum Gasteiger partial charge on any atom is -0.468 e. The average Bonchev–Trinajstić information content (AvgIpc) is 2.73. The number of rotatable bonds is 9. The summed E-state index contributed by atoms with van der Waals surface area (Å²) in [7, 11) is 1.20. The third-order valence-corrected chi connectivity index (χ3v) is 4.87. The number of aryl methyl sites for hydroxylation is 2. The zero-order valence-corrected chi connectivity index (χ0v) is 21.2. The lowest BCUT2D eigenvalue weighted by Crippen LogP contribution is -2.56. The number of nitrogens with one attached hydrogen (secondary N) is 2. The molecule has 0 heterocycles. The summed E-state index contributed by atoms with van der Waals surface area (Å²) in [5, 5.41) is 14.8. The lowest BCUT2D eigenvalue weighted by molar-refractivity contribution is -0.146. The van der Waals surface area contributed by atoms with Gasteiger partial charge in [-0.05, 0) is 59.6 Å². The van der Waals surface area contributed by atoms with E-state index in [4.69, 9.17) is 4.74 Å². The number of aliphatic hydroxyl groups excluding tert-OH is 1. The monoisotopic (exact) mass is 479 g/mol. The first kappa shape index (κ1) is 28.9. The van der Waals surface area contributed by atoms with Gasteiger partial charge in [0.1, 0.15) is 24.2 Å². The first-order valence-electron chi connectivity index (χ1n) is 11.1. The van der Waals surface area contributed by atoms with Crippen molar-refractivity contribution in [1.29, 1.82) is 0 Å². The zero-order chi connectivity index (χ0) is 26.2. The van der Waals surface area contributed by atoms with E-state index in [-0.39, 0.29) is 6.54 Å².